The molecule has 5 heteroatoms. The summed E-state index contributed by atoms with van der Waals surface area (Å²) >= 11 is 6.01. The van der Waals surface area contributed by atoms with Crippen LogP contribution >= 0.6 is 11.6 Å². The highest BCUT2D eigenvalue weighted by Gasteiger charge is 2.10. The van der Waals surface area contributed by atoms with Gasteiger partial charge in [-0.25, -0.2) is 8.78 Å². The molecule has 3 rings (SSSR count). The van der Waals surface area contributed by atoms with Crippen LogP contribution in [0.15, 0.2) is 42.6 Å². The van der Waals surface area contributed by atoms with Gasteiger partial charge in [-0.1, -0.05) is 23.7 Å². The van der Waals surface area contributed by atoms with Crippen LogP contribution in [0.2, 0.25) is 5.02 Å². The fraction of sp³-hybridized carbons (Fsp3) is 0.125. The van der Waals surface area contributed by atoms with Crippen molar-refractivity contribution in [3.05, 3.63) is 70.4 Å². The van der Waals surface area contributed by atoms with E-state index in [1.807, 2.05) is 10.6 Å². The fourth-order valence-corrected chi connectivity index (χ4v) is 2.60. The number of hydrogen-bond donors (Lipinski definition) is 1. The molecule has 0 amide bonds. The minimum atomic E-state index is -0.871. The Morgan fingerprint density at radius 2 is 1.86 bits per heavy atom. The van der Waals surface area contributed by atoms with Gasteiger partial charge in [0.15, 0.2) is 11.6 Å². The van der Waals surface area contributed by atoms with Gasteiger partial charge in [0.2, 0.25) is 0 Å². The highest BCUT2D eigenvalue weighted by Crippen LogP contribution is 2.26. The predicted molar refractivity (Wildman–Crippen MR) is 78.3 cm³/mol. The Kier molecular flexibility index (Phi) is 3.66. The molecule has 2 nitrogen and oxygen atoms in total. The van der Waals surface area contributed by atoms with Gasteiger partial charge in [-0.3, -0.25) is 0 Å². The van der Waals surface area contributed by atoms with E-state index < -0.39 is 11.6 Å². The van der Waals surface area contributed by atoms with Crippen molar-refractivity contribution in [3.8, 4) is 0 Å². The first-order valence-corrected chi connectivity index (χ1v) is 6.78. The zero-order valence-corrected chi connectivity index (χ0v) is 11.7. The Labute approximate surface area is 125 Å². The first-order chi connectivity index (χ1) is 10.1. The third-order valence-electron chi connectivity index (χ3n) is 3.43. The number of halogens is 3. The van der Waals surface area contributed by atoms with Gasteiger partial charge >= 0.3 is 0 Å². The largest absolute Gasteiger partial charge is 0.392 e. The van der Waals surface area contributed by atoms with E-state index in [1.54, 1.807) is 18.3 Å². The summed E-state index contributed by atoms with van der Waals surface area (Å²) in [7, 11) is 0. The second kappa shape index (κ2) is 5.47. The van der Waals surface area contributed by atoms with E-state index in [2.05, 4.69) is 0 Å². The molecule has 0 unspecified atom stereocenters. The van der Waals surface area contributed by atoms with Crippen molar-refractivity contribution in [1.29, 1.82) is 0 Å². The molecule has 0 spiro atoms. The van der Waals surface area contributed by atoms with Gasteiger partial charge in [0, 0.05) is 28.7 Å². The van der Waals surface area contributed by atoms with E-state index in [-0.39, 0.29) is 6.61 Å². The third-order valence-corrected chi connectivity index (χ3v) is 3.67. The van der Waals surface area contributed by atoms with Crippen LogP contribution in [0.1, 0.15) is 11.1 Å². The topological polar surface area (TPSA) is 25.2 Å². The Morgan fingerprint density at radius 3 is 2.57 bits per heavy atom. The number of aliphatic hydroxyl groups is 1. The number of hydrogen-bond acceptors (Lipinski definition) is 1. The highest BCUT2D eigenvalue weighted by atomic mass is 35.5. The molecule has 0 aliphatic carbocycles. The minimum absolute atomic E-state index is 0.0943. The summed E-state index contributed by atoms with van der Waals surface area (Å²) < 4.78 is 28.1. The lowest BCUT2D eigenvalue weighted by molar-refractivity contribution is 0.283. The normalized spacial score (nSPS) is 11.2. The molecule has 108 valence electrons. The van der Waals surface area contributed by atoms with Gasteiger partial charge in [0.05, 0.1) is 12.1 Å². The molecule has 21 heavy (non-hydrogen) atoms. The van der Waals surface area contributed by atoms with Crippen molar-refractivity contribution in [2.75, 3.05) is 0 Å². The third kappa shape index (κ3) is 2.64. The van der Waals surface area contributed by atoms with Crippen molar-refractivity contribution in [1.82, 2.24) is 4.57 Å². The van der Waals surface area contributed by atoms with Crippen molar-refractivity contribution in [2.24, 2.45) is 0 Å². The summed E-state index contributed by atoms with van der Waals surface area (Å²) in [6.45, 7) is 0.275. The summed E-state index contributed by atoms with van der Waals surface area (Å²) in [4.78, 5) is 0. The average molecular weight is 308 g/mol. The zero-order valence-electron chi connectivity index (χ0n) is 11.0. The van der Waals surface area contributed by atoms with E-state index >= 15 is 0 Å². The number of aliphatic hydroxyl groups excluding tert-OH is 1. The number of rotatable bonds is 3. The molecular weight excluding hydrogens is 296 g/mol. The van der Waals surface area contributed by atoms with Crippen LogP contribution in [0.5, 0.6) is 0 Å². The Morgan fingerprint density at radius 1 is 1.05 bits per heavy atom. The molecule has 0 aliphatic rings. The average Bonchev–Trinajstić information content (AvgIpc) is 2.80. The fourth-order valence-electron chi connectivity index (χ4n) is 2.43. The monoisotopic (exact) mass is 307 g/mol. The molecule has 0 aliphatic heterocycles. The summed E-state index contributed by atoms with van der Waals surface area (Å²) in [5.74, 6) is -1.74. The van der Waals surface area contributed by atoms with Crippen molar-refractivity contribution in [3.63, 3.8) is 0 Å². The van der Waals surface area contributed by atoms with Crippen molar-refractivity contribution < 1.29 is 13.9 Å². The van der Waals surface area contributed by atoms with Crippen LogP contribution in [-0.4, -0.2) is 9.67 Å². The molecule has 0 radical (unpaired) electrons. The zero-order chi connectivity index (χ0) is 15.0. The first kappa shape index (κ1) is 14.0. The van der Waals surface area contributed by atoms with Gasteiger partial charge in [-0.15, -0.1) is 0 Å². The molecule has 2 aromatic carbocycles. The van der Waals surface area contributed by atoms with E-state index in [4.69, 9.17) is 11.6 Å². The molecule has 0 saturated carbocycles. The first-order valence-electron chi connectivity index (χ1n) is 6.40. The molecule has 1 aromatic heterocycles. The molecule has 3 aromatic rings. The Balaban J connectivity index is 2.07. The van der Waals surface area contributed by atoms with E-state index in [0.717, 1.165) is 22.5 Å². The van der Waals surface area contributed by atoms with Gasteiger partial charge in [0.25, 0.3) is 0 Å². The second-order valence-electron chi connectivity index (χ2n) is 4.85. The lowest BCUT2D eigenvalue weighted by Crippen LogP contribution is -1.99. The maximum Gasteiger partial charge on any atom is 0.159 e. The summed E-state index contributed by atoms with van der Waals surface area (Å²) in [5, 5.41) is 10.9. The minimum Gasteiger partial charge on any atom is -0.392 e. The van der Waals surface area contributed by atoms with Crippen LogP contribution in [0.4, 0.5) is 8.78 Å². The lowest BCUT2D eigenvalue weighted by atomic mass is 10.2. The number of fused-ring (bicyclic) bond motifs is 1. The molecule has 0 atom stereocenters. The smallest absolute Gasteiger partial charge is 0.159 e. The second-order valence-corrected chi connectivity index (χ2v) is 5.29. The SMILES string of the molecule is OCc1cn(Cc2ccc(F)c(F)c2)c2cc(Cl)ccc12. The molecule has 1 heterocycles. The number of benzene rings is 2. The van der Waals surface area contributed by atoms with Crippen molar-refractivity contribution >= 4 is 22.5 Å². The maximum absolute atomic E-state index is 13.3. The van der Waals surface area contributed by atoms with Crippen LogP contribution < -0.4 is 0 Å². The molecule has 0 saturated heterocycles. The van der Waals surface area contributed by atoms with E-state index in [1.165, 1.54) is 12.1 Å². The molecule has 0 bridgehead atoms. The van der Waals surface area contributed by atoms with Crippen LogP contribution in [0, 0.1) is 11.6 Å². The van der Waals surface area contributed by atoms with Gasteiger partial charge in [-0.05, 0) is 29.8 Å². The summed E-state index contributed by atoms with van der Waals surface area (Å²) in [6.07, 6.45) is 1.79. The number of nitrogens with zero attached hydrogens (tertiary/aromatic N) is 1. The van der Waals surface area contributed by atoms with E-state index in [0.29, 0.717) is 17.1 Å². The molecular formula is C16H12ClF2NO. The Bertz CT molecular complexity index is 813. The molecule has 0 fully saturated rings. The number of aromatic nitrogens is 1. The van der Waals surface area contributed by atoms with Gasteiger partial charge < -0.3 is 9.67 Å². The van der Waals surface area contributed by atoms with Crippen LogP contribution in [0.25, 0.3) is 10.9 Å². The maximum atomic E-state index is 13.3. The van der Waals surface area contributed by atoms with Crippen LogP contribution in [0.3, 0.4) is 0 Å². The van der Waals surface area contributed by atoms with E-state index in [9.17, 15) is 13.9 Å². The van der Waals surface area contributed by atoms with Gasteiger partial charge in [0.1, 0.15) is 0 Å². The quantitative estimate of drug-likeness (QED) is 0.774. The highest BCUT2D eigenvalue weighted by molar-refractivity contribution is 6.31. The standard InChI is InChI=1S/C16H12ClF2NO/c17-12-2-3-13-11(9-21)8-20(16(13)6-12)7-10-1-4-14(18)15(19)5-10/h1-6,8,21H,7,9H2. The van der Waals surface area contributed by atoms with Crippen molar-refractivity contribution in [2.45, 2.75) is 13.2 Å². The summed E-state index contributed by atoms with van der Waals surface area (Å²) in [6, 6.07) is 9.19. The van der Waals surface area contributed by atoms with Crippen LogP contribution in [-0.2, 0) is 13.2 Å². The Hall–Kier alpha value is -1.91. The molecule has 1 N–H and O–H groups in total. The lowest BCUT2D eigenvalue weighted by Gasteiger charge is -2.06. The summed E-state index contributed by atoms with van der Waals surface area (Å²) in [5.41, 5.74) is 2.25. The predicted octanol–water partition coefficient (Wildman–Crippen LogP) is 4.11. The van der Waals surface area contributed by atoms with Gasteiger partial charge in [-0.2, -0.15) is 0 Å².